The molecule has 1 aromatic heterocycles. The van der Waals surface area contributed by atoms with E-state index in [1.807, 2.05) is 25.1 Å². The van der Waals surface area contributed by atoms with Crippen LogP contribution >= 0.6 is 0 Å². The maximum Gasteiger partial charge on any atom is 0.330 e. The molecule has 0 aliphatic heterocycles. The van der Waals surface area contributed by atoms with Crippen LogP contribution in [0.25, 0.3) is 17.0 Å². The van der Waals surface area contributed by atoms with E-state index in [0.717, 1.165) is 16.5 Å². The number of pyridine rings is 1. The van der Waals surface area contributed by atoms with Crippen LogP contribution in [0.5, 0.6) is 0 Å². The Kier molecular flexibility index (Phi) is 3.19. The third-order valence-corrected chi connectivity index (χ3v) is 2.47. The fraction of sp³-hybridized carbons (Fsp3) is 0.143. The Morgan fingerprint density at radius 3 is 2.94 bits per heavy atom. The topological polar surface area (TPSA) is 39.2 Å². The Morgan fingerprint density at radius 2 is 2.18 bits per heavy atom. The molecule has 0 unspecified atom stereocenters. The smallest absolute Gasteiger partial charge is 0.330 e. The van der Waals surface area contributed by atoms with Crippen molar-refractivity contribution in [2.45, 2.75) is 6.92 Å². The number of benzene rings is 1. The van der Waals surface area contributed by atoms with Crippen LogP contribution in [0.4, 0.5) is 0 Å². The van der Waals surface area contributed by atoms with Crippen molar-refractivity contribution in [3.63, 3.8) is 0 Å². The first kappa shape index (κ1) is 11.3. The number of carbonyl (C=O) groups is 1. The van der Waals surface area contributed by atoms with Gasteiger partial charge in [-0.25, -0.2) is 4.79 Å². The van der Waals surface area contributed by atoms with Gasteiger partial charge in [0.25, 0.3) is 0 Å². The Hall–Kier alpha value is -2.16. The summed E-state index contributed by atoms with van der Waals surface area (Å²) in [6, 6.07) is 8.07. The lowest BCUT2D eigenvalue weighted by atomic mass is 10.1. The molecule has 0 saturated carbocycles. The minimum absolute atomic E-state index is 0.366. The molecule has 0 saturated heterocycles. The number of carbonyl (C=O) groups excluding carboxylic acids is 1. The predicted octanol–water partition coefficient (Wildman–Crippen LogP) is 2.73. The van der Waals surface area contributed by atoms with Crippen molar-refractivity contribution < 1.29 is 9.53 Å². The molecule has 3 nitrogen and oxygen atoms in total. The zero-order chi connectivity index (χ0) is 12.3. The molecule has 0 aliphatic rings. The van der Waals surface area contributed by atoms with Crippen molar-refractivity contribution in [2.75, 3.05) is 7.11 Å². The van der Waals surface area contributed by atoms with Gasteiger partial charge in [0.15, 0.2) is 0 Å². The molecule has 0 amide bonds. The zero-order valence-electron chi connectivity index (χ0n) is 9.81. The van der Waals surface area contributed by atoms with Crippen LogP contribution in [0.15, 0.2) is 36.5 Å². The lowest BCUT2D eigenvalue weighted by molar-refractivity contribution is -0.134. The molecular formula is C14H13NO2. The first-order valence-corrected chi connectivity index (χ1v) is 5.31. The average Bonchev–Trinajstić information content (AvgIpc) is 2.35. The monoisotopic (exact) mass is 227 g/mol. The highest BCUT2D eigenvalue weighted by molar-refractivity contribution is 5.88. The summed E-state index contributed by atoms with van der Waals surface area (Å²) >= 11 is 0. The second-order valence-electron chi connectivity index (χ2n) is 3.82. The van der Waals surface area contributed by atoms with E-state index >= 15 is 0 Å². The summed E-state index contributed by atoms with van der Waals surface area (Å²) in [5.41, 5.74) is 3.02. The molecule has 2 aromatic rings. The van der Waals surface area contributed by atoms with Gasteiger partial charge < -0.3 is 4.74 Å². The van der Waals surface area contributed by atoms with Gasteiger partial charge in [0.1, 0.15) is 0 Å². The second kappa shape index (κ2) is 4.78. The van der Waals surface area contributed by atoms with E-state index in [1.54, 1.807) is 12.3 Å². The highest BCUT2D eigenvalue weighted by Crippen LogP contribution is 2.15. The zero-order valence-corrected chi connectivity index (χ0v) is 9.81. The summed E-state index contributed by atoms with van der Waals surface area (Å²) in [5.74, 6) is -0.366. The van der Waals surface area contributed by atoms with E-state index in [-0.39, 0.29) is 5.97 Å². The van der Waals surface area contributed by atoms with Gasteiger partial charge in [0.05, 0.1) is 12.6 Å². The second-order valence-corrected chi connectivity index (χ2v) is 3.82. The third kappa shape index (κ3) is 2.69. The minimum Gasteiger partial charge on any atom is -0.466 e. The SMILES string of the molecule is COC(=O)/C=C/c1cnc2ccc(C)cc2c1. The van der Waals surface area contributed by atoms with Gasteiger partial charge >= 0.3 is 5.97 Å². The summed E-state index contributed by atoms with van der Waals surface area (Å²) in [4.78, 5) is 15.3. The molecule has 1 aromatic carbocycles. The van der Waals surface area contributed by atoms with E-state index in [9.17, 15) is 4.79 Å². The lowest BCUT2D eigenvalue weighted by Gasteiger charge is -2.00. The fourth-order valence-corrected chi connectivity index (χ4v) is 1.59. The largest absolute Gasteiger partial charge is 0.466 e. The molecule has 0 fully saturated rings. The van der Waals surface area contributed by atoms with Gasteiger partial charge in [0, 0.05) is 17.7 Å². The molecule has 0 bridgehead atoms. The number of ether oxygens (including phenoxy) is 1. The van der Waals surface area contributed by atoms with Crippen LogP contribution in [-0.4, -0.2) is 18.1 Å². The molecule has 17 heavy (non-hydrogen) atoms. The first-order chi connectivity index (χ1) is 8.19. The summed E-state index contributed by atoms with van der Waals surface area (Å²) < 4.78 is 4.53. The maximum atomic E-state index is 11.0. The van der Waals surface area contributed by atoms with Gasteiger partial charge in [0.2, 0.25) is 0 Å². The Balaban J connectivity index is 2.37. The molecule has 0 spiro atoms. The number of fused-ring (bicyclic) bond motifs is 1. The van der Waals surface area contributed by atoms with Crippen LogP contribution in [0.1, 0.15) is 11.1 Å². The Morgan fingerprint density at radius 1 is 1.35 bits per heavy atom. The standard InChI is InChI=1S/C14H13NO2/c1-10-3-5-13-12(7-10)8-11(9-15-13)4-6-14(16)17-2/h3-9H,1-2H3/b6-4+. The summed E-state index contributed by atoms with van der Waals surface area (Å²) in [5, 5.41) is 1.07. The number of nitrogens with zero attached hydrogens (tertiary/aromatic N) is 1. The molecular weight excluding hydrogens is 214 g/mol. The van der Waals surface area contributed by atoms with Crippen molar-refractivity contribution in [3.05, 3.63) is 47.7 Å². The van der Waals surface area contributed by atoms with Gasteiger partial charge in [-0.3, -0.25) is 4.98 Å². The first-order valence-electron chi connectivity index (χ1n) is 5.31. The van der Waals surface area contributed by atoms with Gasteiger partial charge in [-0.1, -0.05) is 11.6 Å². The number of hydrogen-bond donors (Lipinski definition) is 0. The van der Waals surface area contributed by atoms with Crippen LogP contribution < -0.4 is 0 Å². The van der Waals surface area contributed by atoms with Crippen molar-refractivity contribution in [2.24, 2.45) is 0 Å². The molecule has 3 heteroatoms. The highest BCUT2D eigenvalue weighted by Gasteiger charge is 1.97. The number of esters is 1. The summed E-state index contributed by atoms with van der Waals surface area (Å²) in [6.45, 7) is 2.04. The summed E-state index contributed by atoms with van der Waals surface area (Å²) in [6.07, 6.45) is 4.82. The molecule has 2 rings (SSSR count). The molecule has 0 N–H and O–H groups in total. The number of methoxy groups -OCH3 is 1. The van der Waals surface area contributed by atoms with Crippen LogP contribution in [0.2, 0.25) is 0 Å². The maximum absolute atomic E-state index is 11.0. The van der Waals surface area contributed by atoms with Gasteiger partial charge in [-0.2, -0.15) is 0 Å². The van der Waals surface area contributed by atoms with E-state index in [2.05, 4.69) is 15.8 Å². The molecule has 1 heterocycles. The highest BCUT2D eigenvalue weighted by atomic mass is 16.5. The van der Waals surface area contributed by atoms with E-state index < -0.39 is 0 Å². The molecule has 0 radical (unpaired) electrons. The third-order valence-electron chi connectivity index (χ3n) is 2.47. The number of rotatable bonds is 2. The number of aryl methyl sites for hydroxylation is 1. The van der Waals surface area contributed by atoms with Crippen LogP contribution in [0, 0.1) is 6.92 Å². The van der Waals surface area contributed by atoms with Crippen LogP contribution in [-0.2, 0) is 9.53 Å². The van der Waals surface area contributed by atoms with Crippen molar-refractivity contribution in [1.29, 1.82) is 0 Å². The molecule has 86 valence electrons. The van der Waals surface area contributed by atoms with E-state index in [1.165, 1.54) is 18.7 Å². The number of aromatic nitrogens is 1. The van der Waals surface area contributed by atoms with E-state index in [0.29, 0.717) is 0 Å². The normalized spacial score (nSPS) is 10.9. The van der Waals surface area contributed by atoms with Gasteiger partial charge in [-0.15, -0.1) is 0 Å². The summed E-state index contributed by atoms with van der Waals surface area (Å²) in [7, 11) is 1.36. The van der Waals surface area contributed by atoms with Gasteiger partial charge in [-0.05, 0) is 36.8 Å². The van der Waals surface area contributed by atoms with Crippen molar-refractivity contribution in [1.82, 2.24) is 4.98 Å². The Bertz CT molecular complexity index is 588. The van der Waals surface area contributed by atoms with Crippen molar-refractivity contribution in [3.8, 4) is 0 Å². The Labute approximate surface area is 99.7 Å². The quantitative estimate of drug-likeness (QED) is 0.585. The van der Waals surface area contributed by atoms with Crippen LogP contribution in [0.3, 0.4) is 0 Å². The lowest BCUT2D eigenvalue weighted by Crippen LogP contribution is -1.93. The van der Waals surface area contributed by atoms with E-state index in [4.69, 9.17) is 0 Å². The molecule has 0 atom stereocenters. The molecule has 0 aliphatic carbocycles. The predicted molar refractivity (Wildman–Crippen MR) is 67.5 cm³/mol. The number of hydrogen-bond acceptors (Lipinski definition) is 3. The average molecular weight is 227 g/mol. The van der Waals surface area contributed by atoms with Crippen molar-refractivity contribution >= 4 is 22.9 Å². The fourth-order valence-electron chi connectivity index (χ4n) is 1.59. The minimum atomic E-state index is -0.366.